The Morgan fingerprint density at radius 3 is 2.48 bits per heavy atom. The fraction of sp³-hybridized carbons (Fsp3) is 0.118. The van der Waals surface area contributed by atoms with Gasteiger partial charge < -0.3 is 14.2 Å². The molecule has 0 N–H and O–H groups in total. The van der Waals surface area contributed by atoms with E-state index in [1.165, 1.54) is 38.5 Å². The summed E-state index contributed by atoms with van der Waals surface area (Å²) >= 11 is 3.33. The van der Waals surface area contributed by atoms with Crippen LogP contribution >= 0.6 is 15.9 Å². The van der Waals surface area contributed by atoms with Crippen LogP contribution in [-0.4, -0.2) is 25.1 Å². The first-order chi connectivity index (χ1) is 11.9. The predicted octanol–water partition coefficient (Wildman–Crippen LogP) is 3.99. The van der Waals surface area contributed by atoms with Crippen LogP contribution in [0, 0.1) is 10.1 Å². The van der Waals surface area contributed by atoms with Gasteiger partial charge in [-0.05, 0) is 36.4 Å². The lowest BCUT2D eigenvalue weighted by Gasteiger charge is -2.06. The van der Waals surface area contributed by atoms with Gasteiger partial charge in [0, 0.05) is 16.1 Å². The molecule has 2 rings (SSSR count). The third-order valence-corrected chi connectivity index (χ3v) is 3.66. The summed E-state index contributed by atoms with van der Waals surface area (Å²) in [5.41, 5.74) is 0.291. The van der Waals surface area contributed by atoms with Crippen molar-refractivity contribution in [2.75, 3.05) is 14.2 Å². The number of carbonyl (C=O) groups excluding carboxylic acids is 1. The van der Waals surface area contributed by atoms with Crippen molar-refractivity contribution in [2.45, 2.75) is 0 Å². The second-order valence-electron chi connectivity index (χ2n) is 4.73. The van der Waals surface area contributed by atoms with E-state index in [0.717, 1.165) is 10.5 Å². The van der Waals surface area contributed by atoms with Crippen molar-refractivity contribution in [3.8, 4) is 17.2 Å². The lowest BCUT2D eigenvalue weighted by atomic mass is 10.2. The van der Waals surface area contributed by atoms with Crippen LogP contribution in [0.1, 0.15) is 5.56 Å². The van der Waals surface area contributed by atoms with E-state index in [1.807, 2.05) is 0 Å². The van der Waals surface area contributed by atoms with E-state index in [0.29, 0.717) is 17.1 Å². The molecule has 0 aliphatic carbocycles. The number of nitro groups is 1. The van der Waals surface area contributed by atoms with Gasteiger partial charge in [-0.1, -0.05) is 15.9 Å². The number of hydrogen-bond donors (Lipinski definition) is 0. The summed E-state index contributed by atoms with van der Waals surface area (Å²) in [6, 6.07) is 9.26. The van der Waals surface area contributed by atoms with Crippen LogP contribution in [0.15, 0.2) is 46.9 Å². The highest BCUT2D eigenvalue weighted by atomic mass is 79.9. The monoisotopic (exact) mass is 407 g/mol. The van der Waals surface area contributed by atoms with Gasteiger partial charge in [-0.25, -0.2) is 4.79 Å². The Labute approximate surface area is 152 Å². The topological polar surface area (TPSA) is 87.9 Å². The number of methoxy groups -OCH3 is 2. The minimum absolute atomic E-state index is 0.165. The number of nitro benzene ring substituents is 1. The number of benzene rings is 2. The minimum Gasteiger partial charge on any atom is -0.496 e. The Morgan fingerprint density at radius 2 is 1.84 bits per heavy atom. The average molecular weight is 408 g/mol. The van der Waals surface area contributed by atoms with Gasteiger partial charge in [0.15, 0.2) is 0 Å². The second-order valence-corrected chi connectivity index (χ2v) is 5.65. The van der Waals surface area contributed by atoms with Crippen molar-refractivity contribution in [2.24, 2.45) is 0 Å². The third kappa shape index (κ3) is 4.80. The minimum atomic E-state index is -0.754. The largest absolute Gasteiger partial charge is 0.496 e. The second kappa shape index (κ2) is 8.29. The summed E-state index contributed by atoms with van der Waals surface area (Å²) in [6.45, 7) is 0. The van der Waals surface area contributed by atoms with Crippen LogP contribution in [0.2, 0.25) is 0 Å². The molecule has 0 bridgehead atoms. The molecule has 0 spiro atoms. The third-order valence-electron chi connectivity index (χ3n) is 3.16. The molecular formula is C17H14BrNO6. The van der Waals surface area contributed by atoms with Crippen molar-refractivity contribution in [1.29, 1.82) is 0 Å². The Hall–Kier alpha value is -2.87. The van der Waals surface area contributed by atoms with Crippen LogP contribution in [0.3, 0.4) is 0 Å². The van der Waals surface area contributed by atoms with Crippen LogP contribution in [0.4, 0.5) is 5.69 Å². The molecule has 25 heavy (non-hydrogen) atoms. The molecule has 2 aromatic rings. The van der Waals surface area contributed by atoms with Gasteiger partial charge >= 0.3 is 11.7 Å². The molecule has 130 valence electrons. The molecule has 0 saturated heterocycles. The normalized spacial score (nSPS) is 10.5. The van der Waals surface area contributed by atoms with Gasteiger partial charge in [0.2, 0.25) is 5.75 Å². The van der Waals surface area contributed by atoms with Crippen molar-refractivity contribution >= 4 is 33.7 Å². The van der Waals surface area contributed by atoms with Crippen molar-refractivity contribution in [1.82, 2.24) is 0 Å². The molecule has 2 aromatic carbocycles. The maximum Gasteiger partial charge on any atom is 0.336 e. The molecular weight excluding hydrogens is 394 g/mol. The highest BCUT2D eigenvalue weighted by molar-refractivity contribution is 9.10. The summed E-state index contributed by atoms with van der Waals surface area (Å²) in [5, 5.41) is 11.1. The fourth-order valence-corrected chi connectivity index (χ4v) is 2.37. The van der Waals surface area contributed by atoms with Gasteiger partial charge in [0.1, 0.15) is 11.5 Å². The summed E-state index contributed by atoms with van der Waals surface area (Å²) in [6.07, 6.45) is 2.67. The van der Waals surface area contributed by atoms with Gasteiger partial charge in [0.05, 0.1) is 25.2 Å². The van der Waals surface area contributed by atoms with Gasteiger partial charge in [-0.15, -0.1) is 0 Å². The smallest absolute Gasteiger partial charge is 0.336 e. The molecule has 0 unspecified atom stereocenters. The van der Waals surface area contributed by atoms with E-state index in [1.54, 1.807) is 18.2 Å². The van der Waals surface area contributed by atoms with Crippen molar-refractivity contribution in [3.63, 3.8) is 0 Å². The van der Waals surface area contributed by atoms with E-state index in [2.05, 4.69) is 15.9 Å². The SMILES string of the molecule is COc1ccc(OC(=O)C=Cc2cc(Br)ccc2OC)c([N+](=O)[O-])c1. The average Bonchev–Trinajstić information content (AvgIpc) is 2.60. The molecule has 0 radical (unpaired) electrons. The summed E-state index contributed by atoms with van der Waals surface area (Å²) in [5.74, 6) is -0.0551. The number of hydrogen-bond acceptors (Lipinski definition) is 6. The summed E-state index contributed by atoms with van der Waals surface area (Å²) in [7, 11) is 2.90. The first kappa shape index (κ1) is 18.5. The number of ether oxygens (including phenoxy) is 3. The van der Waals surface area contributed by atoms with E-state index in [-0.39, 0.29) is 11.4 Å². The van der Waals surface area contributed by atoms with Crippen molar-refractivity contribution in [3.05, 3.63) is 62.6 Å². The first-order valence-electron chi connectivity index (χ1n) is 7.00. The van der Waals surface area contributed by atoms with E-state index >= 15 is 0 Å². The number of carbonyl (C=O) groups is 1. The number of halogens is 1. The summed E-state index contributed by atoms with van der Waals surface area (Å²) < 4.78 is 16.0. The molecule has 0 heterocycles. The first-order valence-corrected chi connectivity index (χ1v) is 7.79. The van der Waals surface area contributed by atoms with Gasteiger partial charge in [-0.3, -0.25) is 10.1 Å². The van der Waals surface area contributed by atoms with Gasteiger partial charge in [0.25, 0.3) is 0 Å². The Bertz CT molecular complexity index is 834. The Balaban J connectivity index is 2.21. The maximum atomic E-state index is 12.0. The highest BCUT2D eigenvalue weighted by Gasteiger charge is 2.18. The molecule has 8 heteroatoms. The van der Waals surface area contributed by atoms with Crippen molar-refractivity contribution < 1.29 is 23.9 Å². The Kier molecular flexibility index (Phi) is 6.13. The summed E-state index contributed by atoms with van der Waals surface area (Å²) in [4.78, 5) is 22.4. The van der Waals surface area contributed by atoms with E-state index in [9.17, 15) is 14.9 Å². The molecule has 0 aliphatic rings. The molecule has 7 nitrogen and oxygen atoms in total. The number of rotatable bonds is 6. The van der Waals surface area contributed by atoms with Crippen LogP contribution in [0.25, 0.3) is 6.08 Å². The van der Waals surface area contributed by atoms with Crippen LogP contribution < -0.4 is 14.2 Å². The molecule has 0 aliphatic heterocycles. The number of nitrogens with zero attached hydrogens (tertiary/aromatic N) is 1. The Morgan fingerprint density at radius 1 is 1.12 bits per heavy atom. The zero-order chi connectivity index (χ0) is 18.4. The van der Waals surface area contributed by atoms with E-state index in [4.69, 9.17) is 14.2 Å². The molecule has 0 fully saturated rings. The zero-order valence-corrected chi connectivity index (χ0v) is 15.0. The standard InChI is InChI=1S/C17H14BrNO6/c1-23-13-5-7-16(14(10-13)19(21)22)25-17(20)8-3-11-9-12(18)4-6-15(11)24-2/h3-10H,1-2H3. The fourth-order valence-electron chi connectivity index (χ4n) is 1.99. The molecule has 0 saturated carbocycles. The maximum absolute atomic E-state index is 12.0. The highest BCUT2D eigenvalue weighted by Crippen LogP contribution is 2.31. The van der Waals surface area contributed by atoms with Gasteiger partial charge in [-0.2, -0.15) is 0 Å². The lowest BCUT2D eigenvalue weighted by Crippen LogP contribution is -2.06. The zero-order valence-electron chi connectivity index (χ0n) is 13.4. The lowest BCUT2D eigenvalue weighted by molar-refractivity contribution is -0.385. The molecule has 0 atom stereocenters. The van der Waals surface area contributed by atoms with Crippen LogP contribution in [0.5, 0.6) is 17.2 Å². The van der Waals surface area contributed by atoms with E-state index < -0.39 is 10.9 Å². The molecule has 0 aromatic heterocycles. The van der Waals surface area contributed by atoms with Crippen LogP contribution in [-0.2, 0) is 4.79 Å². The molecule has 0 amide bonds. The predicted molar refractivity (Wildman–Crippen MR) is 95.0 cm³/mol. The quantitative estimate of drug-likeness (QED) is 0.236. The number of esters is 1.